The van der Waals surface area contributed by atoms with Crippen LogP contribution in [0.1, 0.15) is 44.5 Å². The first-order valence-electron chi connectivity index (χ1n) is 8.43. The smallest absolute Gasteiger partial charge is 0.238 e. The summed E-state index contributed by atoms with van der Waals surface area (Å²) in [6, 6.07) is -0.417. The van der Waals surface area contributed by atoms with Gasteiger partial charge in [-0.2, -0.15) is 4.31 Å². The molecule has 1 aromatic heterocycles. The Morgan fingerprint density at radius 3 is 2.52 bits per heavy atom. The lowest BCUT2D eigenvalue weighted by atomic mass is 10.0. The summed E-state index contributed by atoms with van der Waals surface area (Å²) in [6.07, 6.45) is 0.519. The molecule has 2 rings (SSSR count). The molecule has 10 heteroatoms. The molecule has 0 bridgehead atoms. The van der Waals surface area contributed by atoms with E-state index >= 15 is 0 Å². The summed E-state index contributed by atoms with van der Waals surface area (Å²) in [6.45, 7) is 7.16. The number of ether oxygens (including phenoxy) is 1. The Kier molecular flexibility index (Phi) is 6.91. The van der Waals surface area contributed by atoms with Gasteiger partial charge in [0.15, 0.2) is 0 Å². The van der Waals surface area contributed by atoms with Crippen LogP contribution in [-0.2, 0) is 19.6 Å². The standard InChI is InChI=1S/C15H26N4O5S/c1-11(2)10-13(15-18-17-12(3)24-15)16-14(20)4-9-25(21,22)19-5-7-23-8-6-19/h11,13H,4-10H2,1-3H3,(H,16,20). The number of rotatable bonds is 8. The van der Waals surface area contributed by atoms with Gasteiger partial charge in [-0.25, -0.2) is 8.42 Å². The molecule has 1 unspecified atom stereocenters. The molecule has 0 aromatic carbocycles. The Morgan fingerprint density at radius 1 is 1.28 bits per heavy atom. The summed E-state index contributed by atoms with van der Waals surface area (Å²) in [4.78, 5) is 12.2. The van der Waals surface area contributed by atoms with Crippen molar-refractivity contribution in [1.82, 2.24) is 19.8 Å². The number of aromatic nitrogens is 2. The van der Waals surface area contributed by atoms with Crippen LogP contribution in [0.25, 0.3) is 0 Å². The molecule has 1 aliphatic heterocycles. The Bertz CT molecular complexity index is 667. The third kappa shape index (κ3) is 6.05. The van der Waals surface area contributed by atoms with E-state index in [4.69, 9.17) is 9.15 Å². The highest BCUT2D eigenvalue weighted by Crippen LogP contribution is 2.20. The Labute approximate surface area is 148 Å². The van der Waals surface area contributed by atoms with Crippen LogP contribution in [0, 0.1) is 12.8 Å². The van der Waals surface area contributed by atoms with Gasteiger partial charge in [0.05, 0.1) is 19.0 Å². The van der Waals surface area contributed by atoms with Crippen LogP contribution in [0.4, 0.5) is 0 Å². The molecular formula is C15H26N4O5S. The minimum absolute atomic E-state index is 0.110. The van der Waals surface area contributed by atoms with E-state index in [0.29, 0.717) is 50.4 Å². The summed E-state index contributed by atoms with van der Waals surface area (Å²) in [5.41, 5.74) is 0. The van der Waals surface area contributed by atoms with E-state index in [-0.39, 0.29) is 18.1 Å². The van der Waals surface area contributed by atoms with Crippen LogP contribution in [0.5, 0.6) is 0 Å². The Morgan fingerprint density at radius 2 is 1.96 bits per heavy atom. The van der Waals surface area contributed by atoms with E-state index in [2.05, 4.69) is 15.5 Å². The maximum atomic E-state index is 12.3. The highest BCUT2D eigenvalue weighted by Gasteiger charge is 2.26. The van der Waals surface area contributed by atoms with E-state index in [9.17, 15) is 13.2 Å². The third-order valence-corrected chi connectivity index (χ3v) is 5.70. The van der Waals surface area contributed by atoms with E-state index in [1.54, 1.807) is 6.92 Å². The van der Waals surface area contributed by atoms with Gasteiger partial charge in [-0.1, -0.05) is 13.8 Å². The molecule has 1 atom stereocenters. The van der Waals surface area contributed by atoms with E-state index < -0.39 is 16.1 Å². The minimum Gasteiger partial charge on any atom is -0.423 e. The average Bonchev–Trinajstić information content (AvgIpc) is 2.99. The predicted octanol–water partition coefficient (Wildman–Crippen LogP) is 0.634. The number of aryl methyl sites for hydroxylation is 1. The van der Waals surface area contributed by atoms with Crippen molar-refractivity contribution >= 4 is 15.9 Å². The molecule has 1 aromatic rings. The lowest BCUT2D eigenvalue weighted by Crippen LogP contribution is -2.42. The first-order valence-corrected chi connectivity index (χ1v) is 10.0. The van der Waals surface area contributed by atoms with E-state index in [1.807, 2.05) is 13.8 Å². The quantitative estimate of drug-likeness (QED) is 0.710. The lowest BCUT2D eigenvalue weighted by Gasteiger charge is -2.26. The lowest BCUT2D eigenvalue weighted by molar-refractivity contribution is -0.121. The molecule has 2 heterocycles. The zero-order chi connectivity index (χ0) is 18.4. The number of morpholine rings is 1. The summed E-state index contributed by atoms with van der Waals surface area (Å²) in [5, 5.41) is 10.6. The normalized spacial score (nSPS) is 17.6. The number of sulfonamides is 1. The Hall–Kier alpha value is -1.52. The van der Waals surface area contributed by atoms with Crippen molar-refractivity contribution in [2.45, 2.75) is 39.7 Å². The van der Waals surface area contributed by atoms with Crippen LogP contribution >= 0.6 is 0 Å². The number of nitrogens with one attached hydrogen (secondary N) is 1. The highest BCUT2D eigenvalue weighted by molar-refractivity contribution is 7.89. The topological polar surface area (TPSA) is 115 Å². The van der Waals surface area contributed by atoms with E-state index in [0.717, 1.165) is 0 Å². The molecule has 1 aliphatic rings. The van der Waals surface area contributed by atoms with Gasteiger partial charge in [-0.05, 0) is 12.3 Å². The molecule has 0 aliphatic carbocycles. The summed E-state index contributed by atoms with van der Waals surface area (Å²) in [7, 11) is -3.46. The van der Waals surface area contributed by atoms with Crippen molar-refractivity contribution in [2.24, 2.45) is 5.92 Å². The minimum atomic E-state index is -3.46. The molecule has 1 N–H and O–H groups in total. The number of nitrogens with zero attached hydrogens (tertiary/aromatic N) is 3. The van der Waals surface area contributed by atoms with Gasteiger partial charge in [0.25, 0.3) is 0 Å². The summed E-state index contributed by atoms with van der Waals surface area (Å²) < 4.78 is 36.5. The zero-order valence-corrected chi connectivity index (χ0v) is 15.7. The molecule has 0 saturated carbocycles. The molecule has 0 radical (unpaired) electrons. The van der Waals surface area contributed by atoms with Crippen molar-refractivity contribution in [1.29, 1.82) is 0 Å². The maximum absolute atomic E-state index is 12.3. The fourth-order valence-corrected chi connectivity index (χ4v) is 3.99. The van der Waals surface area contributed by atoms with Crippen LogP contribution in [0.15, 0.2) is 4.42 Å². The summed E-state index contributed by atoms with van der Waals surface area (Å²) in [5.74, 6) is 0.493. The first-order chi connectivity index (χ1) is 11.8. The molecule has 0 spiro atoms. The maximum Gasteiger partial charge on any atom is 0.238 e. The number of hydrogen-bond acceptors (Lipinski definition) is 7. The zero-order valence-electron chi connectivity index (χ0n) is 14.9. The average molecular weight is 374 g/mol. The summed E-state index contributed by atoms with van der Waals surface area (Å²) >= 11 is 0. The number of amides is 1. The second-order valence-electron chi connectivity index (χ2n) is 6.49. The number of carbonyl (C=O) groups is 1. The van der Waals surface area contributed by atoms with Crippen molar-refractivity contribution < 1.29 is 22.4 Å². The molecular weight excluding hydrogens is 348 g/mol. The second kappa shape index (κ2) is 8.72. The van der Waals surface area contributed by atoms with Gasteiger partial charge in [-0.15, -0.1) is 10.2 Å². The molecule has 25 heavy (non-hydrogen) atoms. The van der Waals surface area contributed by atoms with Gasteiger partial charge in [-0.3, -0.25) is 4.79 Å². The van der Waals surface area contributed by atoms with Crippen molar-refractivity contribution in [3.8, 4) is 0 Å². The van der Waals surface area contributed by atoms with Crippen LogP contribution in [-0.4, -0.2) is 60.9 Å². The van der Waals surface area contributed by atoms with Gasteiger partial charge >= 0.3 is 0 Å². The fraction of sp³-hybridized carbons (Fsp3) is 0.800. The molecule has 1 fully saturated rings. The van der Waals surface area contributed by atoms with E-state index in [1.165, 1.54) is 4.31 Å². The molecule has 1 saturated heterocycles. The van der Waals surface area contributed by atoms with Crippen molar-refractivity contribution in [2.75, 3.05) is 32.1 Å². The van der Waals surface area contributed by atoms with Gasteiger partial charge in [0.1, 0.15) is 6.04 Å². The Balaban J connectivity index is 1.92. The number of carbonyl (C=O) groups excluding carboxylic acids is 1. The molecule has 142 valence electrons. The van der Waals surface area contributed by atoms with Crippen molar-refractivity contribution in [3.63, 3.8) is 0 Å². The van der Waals surface area contributed by atoms with Gasteiger partial charge in [0, 0.05) is 26.4 Å². The fourth-order valence-electron chi connectivity index (χ4n) is 2.59. The van der Waals surface area contributed by atoms with Crippen LogP contribution < -0.4 is 5.32 Å². The predicted molar refractivity (Wildman–Crippen MR) is 90.2 cm³/mol. The molecule has 9 nitrogen and oxygen atoms in total. The van der Waals surface area contributed by atoms with Crippen LogP contribution in [0.2, 0.25) is 0 Å². The monoisotopic (exact) mass is 374 g/mol. The highest BCUT2D eigenvalue weighted by atomic mass is 32.2. The SMILES string of the molecule is Cc1nnc(C(CC(C)C)NC(=O)CCS(=O)(=O)N2CCOCC2)o1. The first kappa shape index (κ1) is 19.8. The second-order valence-corrected chi connectivity index (χ2v) is 8.57. The molecule has 1 amide bonds. The van der Waals surface area contributed by atoms with Gasteiger partial charge < -0.3 is 14.5 Å². The largest absolute Gasteiger partial charge is 0.423 e. The van der Waals surface area contributed by atoms with Crippen molar-refractivity contribution in [3.05, 3.63) is 11.8 Å². The van der Waals surface area contributed by atoms with Gasteiger partial charge in [0.2, 0.25) is 27.7 Å². The third-order valence-electron chi connectivity index (χ3n) is 3.83. The number of hydrogen-bond donors (Lipinski definition) is 1. The van der Waals surface area contributed by atoms with Crippen LogP contribution in [0.3, 0.4) is 0 Å².